The van der Waals surface area contributed by atoms with Crippen molar-refractivity contribution in [2.45, 2.75) is 24.0 Å². The number of hydrogen-bond donors (Lipinski definition) is 2. The number of benzene rings is 1. The first-order valence-corrected chi connectivity index (χ1v) is 6.65. The van der Waals surface area contributed by atoms with E-state index in [9.17, 15) is 4.79 Å². The Bertz CT molecular complexity index is 371. The summed E-state index contributed by atoms with van der Waals surface area (Å²) in [4.78, 5) is 12.6. The van der Waals surface area contributed by atoms with Crippen molar-refractivity contribution in [3.05, 3.63) is 28.7 Å². The largest absolute Gasteiger partial charge is 0.293 e. The standard InChI is InChI=1S/C11H15BrN2OS/c1-7(2)10(11(15)14-13)16-9-6-4-3-5-8(9)12/h3-7,10H,13H2,1-2H3,(H,14,15). The maximum absolute atomic E-state index is 11.6. The number of nitrogens with one attached hydrogen (secondary N) is 1. The van der Waals surface area contributed by atoms with Gasteiger partial charge in [-0.05, 0) is 34.0 Å². The molecule has 3 N–H and O–H groups in total. The first-order valence-electron chi connectivity index (χ1n) is 4.98. The predicted molar refractivity (Wildman–Crippen MR) is 71.0 cm³/mol. The molecule has 0 saturated carbocycles. The van der Waals surface area contributed by atoms with Gasteiger partial charge in [-0.3, -0.25) is 10.2 Å². The summed E-state index contributed by atoms with van der Waals surface area (Å²) in [5, 5.41) is -0.177. The number of halogens is 1. The highest BCUT2D eigenvalue weighted by Gasteiger charge is 2.23. The number of carbonyl (C=O) groups excluding carboxylic acids is 1. The van der Waals surface area contributed by atoms with Gasteiger partial charge in [-0.1, -0.05) is 26.0 Å². The molecule has 0 aromatic heterocycles. The Morgan fingerprint density at radius 2 is 2.06 bits per heavy atom. The van der Waals surface area contributed by atoms with E-state index in [1.54, 1.807) is 0 Å². The van der Waals surface area contributed by atoms with Crippen molar-refractivity contribution < 1.29 is 4.79 Å². The highest BCUT2D eigenvalue weighted by Crippen LogP contribution is 2.33. The van der Waals surface area contributed by atoms with Gasteiger partial charge >= 0.3 is 0 Å². The average Bonchev–Trinajstić information content (AvgIpc) is 2.26. The lowest BCUT2D eigenvalue weighted by Crippen LogP contribution is -2.39. The van der Waals surface area contributed by atoms with Crippen LogP contribution in [0.3, 0.4) is 0 Å². The Morgan fingerprint density at radius 3 is 2.56 bits per heavy atom. The quantitative estimate of drug-likeness (QED) is 0.389. The van der Waals surface area contributed by atoms with Gasteiger partial charge in [0.05, 0.1) is 5.25 Å². The fourth-order valence-electron chi connectivity index (χ4n) is 1.25. The molecule has 0 aliphatic heterocycles. The van der Waals surface area contributed by atoms with Crippen LogP contribution in [0, 0.1) is 5.92 Å². The van der Waals surface area contributed by atoms with Gasteiger partial charge in [-0.2, -0.15) is 0 Å². The third-order valence-corrected chi connectivity index (χ3v) is 4.67. The van der Waals surface area contributed by atoms with Crippen LogP contribution < -0.4 is 11.3 Å². The first-order chi connectivity index (χ1) is 7.56. The van der Waals surface area contributed by atoms with Gasteiger partial charge in [0.25, 0.3) is 0 Å². The Kier molecular flexibility index (Phi) is 5.31. The van der Waals surface area contributed by atoms with Crippen LogP contribution in [0.1, 0.15) is 13.8 Å². The van der Waals surface area contributed by atoms with E-state index in [1.165, 1.54) is 11.8 Å². The minimum absolute atomic E-state index is 0.143. The zero-order chi connectivity index (χ0) is 12.1. The average molecular weight is 303 g/mol. The summed E-state index contributed by atoms with van der Waals surface area (Å²) >= 11 is 4.98. The molecule has 0 fully saturated rings. The topological polar surface area (TPSA) is 55.1 Å². The van der Waals surface area contributed by atoms with Gasteiger partial charge < -0.3 is 0 Å². The summed E-state index contributed by atoms with van der Waals surface area (Å²) in [6.45, 7) is 4.01. The Labute approximate surface area is 108 Å². The van der Waals surface area contributed by atoms with E-state index in [0.29, 0.717) is 0 Å². The van der Waals surface area contributed by atoms with E-state index >= 15 is 0 Å². The molecule has 3 nitrogen and oxygen atoms in total. The lowest BCUT2D eigenvalue weighted by atomic mass is 10.1. The van der Waals surface area contributed by atoms with E-state index in [0.717, 1.165) is 9.37 Å². The van der Waals surface area contributed by atoms with Crippen LogP contribution in [0.2, 0.25) is 0 Å². The lowest BCUT2D eigenvalue weighted by molar-refractivity contribution is -0.121. The highest BCUT2D eigenvalue weighted by atomic mass is 79.9. The van der Waals surface area contributed by atoms with Crippen molar-refractivity contribution in [2.75, 3.05) is 0 Å². The lowest BCUT2D eigenvalue weighted by Gasteiger charge is -2.18. The second-order valence-corrected chi connectivity index (χ2v) is 5.76. The monoisotopic (exact) mass is 302 g/mol. The normalized spacial score (nSPS) is 12.6. The van der Waals surface area contributed by atoms with Crippen LogP contribution in [0.5, 0.6) is 0 Å². The molecule has 1 rings (SSSR count). The van der Waals surface area contributed by atoms with E-state index < -0.39 is 0 Å². The Hall–Kier alpha value is -0.520. The van der Waals surface area contributed by atoms with Crippen molar-refractivity contribution in [2.24, 2.45) is 11.8 Å². The van der Waals surface area contributed by atoms with E-state index in [2.05, 4.69) is 21.4 Å². The van der Waals surface area contributed by atoms with Crippen molar-refractivity contribution in [1.82, 2.24) is 5.43 Å². The molecular formula is C11H15BrN2OS. The zero-order valence-electron chi connectivity index (χ0n) is 9.24. The Balaban J connectivity index is 2.84. The summed E-state index contributed by atoms with van der Waals surface area (Å²) in [5.74, 6) is 5.26. The molecular weight excluding hydrogens is 288 g/mol. The molecule has 5 heteroatoms. The molecule has 0 aliphatic rings. The second-order valence-electron chi connectivity index (χ2n) is 3.72. The van der Waals surface area contributed by atoms with E-state index in [-0.39, 0.29) is 17.1 Å². The van der Waals surface area contributed by atoms with Crippen LogP contribution in [-0.2, 0) is 4.79 Å². The summed E-state index contributed by atoms with van der Waals surface area (Å²) in [6, 6.07) is 7.83. The van der Waals surface area contributed by atoms with Crippen LogP contribution in [0.25, 0.3) is 0 Å². The minimum Gasteiger partial charge on any atom is -0.293 e. The summed E-state index contributed by atoms with van der Waals surface area (Å²) in [6.07, 6.45) is 0. The van der Waals surface area contributed by atoms with Crippen LogP contribution in [-0.4, -0.2) is 11.2 Å². The van der Waals surface area contributed by atoms with Crippen molar-refractivity contribution >= 4 is 33.6 Å². The fourth-order valence-corrected chi connectivity index (χ4v) is 2.88. The molecule has 0 spiro atoms. The zero-order valence-corrected chi connectivity index (χ0v) is 11.6. The highest BCUT2D eigenvalue weighted by molar-refractivity contribution is 9.10. The number of carbonyl (C=O) groups is 1. The van der Waals surface area contributed by atoms with Crippen molar-refractivity contribution in [1.29, 1.82) is 0 Å². The van der Waals surface area contributed by atoms with Gasteiger partial charge in [-0.15, -0.1) is 11.8 Å². The molecule has 1 aromatic carbocycles. The molecule has 0 bridgehead atoms. The molecule has 0 aliphatic carbocycles. The van der Waals surface area contributed by atoms with Crippen LogP contribution in [0.15, 0.2) is 33.6 Å². The maximum Gasteiger partial charge on any atom is 0.247 e. The third kappa shape index (κ3) is 3.50. The van der Waals surface area contributed by atoms with Crippen LogP contribution >= 0.6 is 27.7 Å². The third-order valence-electron chi connectivity index (χ3n) is 2.10. The number of nitrogens with two attached hydrogens (primary N) is 1. The van der Waals surface area contributed by atoms with Gasteiger partial charge in [0.15, 0.2) is 0 Å². The molecule has 1 amide bonds. The number of rotatable bonds is 4. The number of hydrogen-bond acceptors (Lipinski definition) is 3. The van der Waals surface area contributed by atoms with E-state index in [1.807, 2.05) is 38.1 Å². The van der Waals surface area contributed by atoms with Gasteiger partial charge in [0.2, 0.25) is 5.91 Å². The molecule has 0 heterocycles. The predicted octanol–water partition coefficient (Wildman–Crippen LogP) is 2.56. The number of thioether (sulfide) groups is 1. The molecule has 1 atom stereocenters. The van der Waals surface area contributed by atoms with Crippen LogP contribution in [0.4, 0.5) is 0 Å². The Morgan fingerprint density at radius 1 is 1.44 bits per heavy atom. The molecule has 88 valence electrons. The summed E-state index contributed by atoms with van der Waals surface area (Å²) in [7, 11) is 0. The molecule has 0 radical (unpaired) electrons. The summed E-state index contributed by atoms with van der Waals surface area (Å²) < 4.78 is 0.996. The van der Waals surface area contributed by atoms with Crippen molar-refractivity contribution in [3.8, 4) is 0 Å². The van der Waals surface area contributed by atoms with Crippen molar-refractivity contribution in [3.63, 3.8) is 0 Å². The summed E-state index contributed by atoms with van der Waals surface area (Å²) in [5.41, 5.74) is 2.21. The smallest absolute Gasteiger partial charge is 0.247 e. The minimum atomic E-state index is -0.177. The van der Waals surface area contributed by atoms with Gasteiger partial charge in [-0.25, -0.2) is 5.84 Å². The molecule has 1 aromatic rings. The SMILES string of the molecule is CC(C)C(Sc1ccccc1Br)C(=O)NN. The second kappa shape index (κ2) is 6.27. The number of amides is 1. The van der Waals surface area contributed by atoms with Gasteiger partial charge in [0, 0.05) is 9.37 Å². The maximum atomic E-state index is 11.6. The van der Waals surface area contributed by atoms with Gasteiger partial charge in [0.1, 0.15) is 0 Å². The molecule has 1 unspecified atom stereocenters. The number of hydrazine groups is 1. The first kappa shape index (κ1) is 13.5. The molecule has 0 saturated heterocycles. The molecule has 16 heavy (non-hydrogen) atoms. The fraction of sp³-hybridized carbons (Fsp3) is 0.364. The van der Waals surface area contributed by atoms with E-state index in [4.69, 9.17) is 5.84 Å².